The quantitative estimate of drug-likeness (QED) is 0.0805. The number of hydrogen-bond donors (Lipinski definition) is 4. The largest absolute Gasteiger partial charge is 0.472 e. The number of aliphatic hydroxyl groups excluding tert-OH is 2. The summed E-state index contributed by atoms with van der Waals surface area (Å²) in [5.74, 6) is 0.146. The molecule has 1 aliphatic heterocycles. The Hall–Kier alpha value is -2.14. The van der Waals surface area contributed by atoms with E-state index in [-0.39, 0.29) is 24.7 Å². The van der Waals surface area contributed by atoms with Crippen LogP contribution in [0, 0.1) is 11.3 Å². The molecule has 13 nitrogen and oxygen atoms in total. The number of ether oxygens (including phenoxy) is 2. The highest BCUT2D eigenvalue weighted by Crippen LogP contribution is 2.48. The molecule has 0 radical (unpaired) electrons. The molecule has 0 spiro atoms. The molecule has 0 aliphatic carbocycles. The first-order valence-corrected chi connectivity index (χ1v) is 18.4. The summed E-state index contributed by atoms with van der Waals surface area (Å²) in [6.07, 6.45) is 14.5. The molecule has 1 aliphatic rings. The number of phosphoric acid groups is 1. The summed E-state index contributed by atoms with van der Waals surface area (Å²) in [4.78, 5) is 14.1. The predicted octanol–water partition coefficient (Wildman–Crippen LogP) is 5.56. The first kappa shape index (κ1) is 38.3. The van der Waals surface area contributed by atoms with E-state index in [2.05, 4.69) is 17.0 Å². The van der Waals surface area contributed by atoms with Crippen LogP contribution in [0.4, 0.5) is 5.82 Å². The summed E-state index contributed by atoms with van der Waals surface area (Å²) in [5.41, 5.74) is 4.30. The fourth-order valence-corrected chi connectivity index (χ4v) is 6.84. The molecule has 3 rings (SSSR count). The number of aromatic nitrogens is 3. The number of unbranched alkanes of at least 4 members (excludes halogenated alkanes) is 14. The zero-order valence-electron chi connectivity index (χ0n) is 27.5. The second-order valence-corrected chi connectivity index (χ2v) is 13.6. The van der Waals surface area contributed by atoms with Crippen LogP contribution in [-0.4, -0.2) is 73.9 Å². The zero-order valence-corrected chi connectivity index (χ0v) is 28.4. The minimum atomic E-state index is -4.57. The normalized spacial score (nSPS) is 23.4. The number of nitriles is 1. The average Bonchev–Trinajstić information content (AvgIpc) is 3.58. The highest BCUT2D eigenvalue weighted by Gasteiger charge is 2.59. The molecule has 0 aromatic carbocycles. The third-order valence-electron chi connectivity index (χ3n) is 8.56. The summed E-state index contributed by atoms with van der Waals surface area (Å²) in [7, 11) is -4.57. The van der Waals surface area contributed by atoms with E-state index in [1.807, 2.05) is 6.07 Å². The number of anilines is 1. The molecule has 3 heterocycles. The molecule has 6 atom stereocenters. The van der Waals surface area contributed by atoms with Crippen molar-refractivity contribution in [1.29, 1.82) is 5.26 Å². The summed E-state index contributed by atoms with van der Waals surface area (Å²) < 4.78 is 35.5. The topological polar surface area (TPSA) is 195 Å². The first-order valence-electron chi connectivity index (χ1n) is 16.9. The van der Waals surface area contributed by atoms with Crippen molar-refractivity contribution >= 4 is 19.2 Å². The maximum Gasteiger partial charge on any atom is 0.472 e. The molecule has 260 valence electrons. The van der Waals surface area contributed by atoms with Gasteiger partial charge in [-0.1, -0.05) is 96.8 Å². The summed E-state index contributed by atoms with van der Waals surface area (Å²) in [6.45, 7) is 4.12. The van der Waals surface area contributed by atoms with E-state index in [4.69, 9.17) is 24.3 Å². The lowest BCUT2D eigenvalue weighted by atomic mass is 9.92. The molecule has 2 aromatic rings. The molecule has 0 amide bonds. The Morgan fingerprint density at radius 1 is 1.00 bits per heavy atom. The Kier molecular flexibility index (Phi) is 16.3. The van der Waals surface area contributed by atoms with E-state index in [9.17, 15) is 24.9 Å². The van der Waals surface area contributed by atoms with Crippen LogP contribution < -0.4 is 5.73 Å². The van der Waals surface area contributed by atoms with Gasteiger partial charge in [0.2, 0.25) is 5.60 Å². The standard InChI is InChI=1S/C32H54N5O8P/c1-3-4-5-6-7-8-9-10-11-12-13-14-15-16-17-20-42-21-22-43-46(40,41)45-25(2)29-28(38)30(39)32(23-33,44-29)27-19-18-26-31(34)35-24-36-37(26)27/h18-19,24-25,28-30,38-39H,3-17,20-22H2,1-2H3,(H,40,41)(H2,34,35,36)/t25-,28+,29+,30+,32-/m0/s1. The summed E-state index contributed by atoms with van der Waals surface area (Å²) >= 11 is 0. The lowest BCUT2D eigenvalue weighted by Crippen LogP contribution is -2.41. The number of nitrogen functional groups attached to an aromatic ring is 1. The second-order valence-electron chi connectivity index (χ2n) is 12.2. The van der Waals surface area contributed by atoms with E-state index >= 15 is 0 Å². The van der Waals surface area contributed by atoms with Gasteiger partial charge in [-0.2, -0.15) is 10.4 Å². The molecule has 1 saturated heterocycles. The van der Waals surface area contributed by atoms with Crippen LogP contribution in [-0.2, 0) is 28.7 Å². The van der Waals surface area contributed by atoms with E-state index in [1.54, 1.807) is 6.07 Å². The number of aliphatic hydroxyl groups is 2. The molecular formula is C32H54N5O8P. The van der Waals surface area contributed by atoms with Crippen molar-refractivity contribution in [3.63, 3.8) is 0 Å². The molecule has 14 heteroatoms. The van der Waals surface area contributed by atoms with Gasteiger partial charge in [0.1, 0.15) is 36.2 Å². The van der Waals surface area contributed by atoms with E-state index < -0.39 is 37.8 Å². The van der Waals surface area contributed by atoms with Crippen molar-refractivity contribution in [2.24, 2.45) is 0 Å². The van der Waals surface area contributed by atoms with Crippen LogP contribution in [0.25, 0.3) is 5.52 Å². The fourth-order valence-electron chi connectivity index (χ4n) is 5.93. The van der Waals surface area contributed by atoms with Crippen LogP contribution in [0.3, 0.4) is 0 Å². The van der Waals surface area contributed by atoms with Gasteiger partial charge in [-0.05, 0) is 25.5 Å². The van der Waals surface area contributed by atoms with Gasteiger partial charge >= 0.3 is 7.82 Å². The molecule has 1 fully saturated rings. The van der Waals surface area contributed by atoms with Gasteiger partial charge in [0.25, 0.3) is 0 Å². The minimum Gasteiger partial charge on any atom is -0.387 e. The van der Waals surface area contributed by atoms with Crippen molar-refractivity contribution in [2.75, 3.05) is 25.6 Å². The smallest absolute Gasteiger partial charge is 0.387 e. The highest BCUT2D eigenvalue weighted by atomic mass is 31.2. The van der Waals surface area contributed by atoms with Gasteiger partial charge in [0, 0.05) is 6.61 Å². The van der Waals surface area contributed by atoms with Crippen LogP contribution >= 0.6 is 7.82 Å². The second kappa shape index (κ2) is 19.6. The van der Waals surface area contributed by atoms with Crippen molar-refractivity contribution < 1.29 is 38.2 Å². The first-order chi connectivity index (χ1) is 22.2. The Morgan fingerprint density at radius 3 is 2.17 bits per heavy atom. The van der Waals surface area contributed by atoms with Crippen LogP contribution in [0.15, 0.2) is 18.5 Å². The SMILES string of the molecule is CCCCCCCCCCCCCCCCCOCCOP(=O)(O)O[C@@H](C)[C@H]1O[C@@](C#N)(c2ccc3c(N)ncnn23)[C@H](O)[C@@H]1O. The molecule has 0 saturated carbocycles. The van der Waals surface area contributed by atoms with Crippen LogP contribution in [0.2, 0.25) is 0 Å². The Bertz CT molecular complexity index is 1260. The van der Waals surface area contributed by atoms with E-state index in [1.165, 1.54) is 107 Å². The molecular weight excluding hydrogens is 613 g/mol. The summed E-state index contributed by atoms with van der Waals surface area (Å²) in [6, 6.07) is 4.95. The third-order valence-corrected chi connectivity index (χ3v) is 9.67. The van der Waals surface area contributed by atoms with Crippen molar-refractivity contribution in [2.45, 2.75) is 140 Å². The number of nitrogens with zero attached hydrogens (tertiary/aromatic N) is 4. The monoisotopic (exact) mass is 667 g/mol. The minimum absolute atomic E-state index is 0.106. The summed E-state index contributed by atoms with van der Waals surface area (Å²) in [5, 5.41) is 35.8. The molecule has 1 unspecified atom stereocenters. The third kappa shape index (κ3) is 11.0. The van der Waals surface area contributed by atoms with Crippen LogP contribution in [0.5, 0.6) is 0 Å². The van der Waals surface area contributed by atoms with Gasteiger partial charge in [-0.3, -0.25) is 9.05 Å². The molecule has 2 aromatic heterocycles. The fraction of sp³-hybridized carbons (Fsp3) is 0.781. The van der Waals surface area contributed by atoms with Crippen LogP contribution in [0.1, 0.15) is 116 Å². The van der Waals surface area contributed by atoms with Gasteiger partial charge in [-0.15, -0.1) is 0 Å². The van der Waals surface area contributed by atoms with E-state index in [0.29, 0.717) is 12.1 Å². The zero-order chi connectivity index (χ0) is 33.4. The molecule has 5 N–H and O–H groups in total. The number of hydrogen-bond acceptors (Lipinski definition) is 11. The Labute approximate surface area is 273 Å². The maximum atomic E-state index is 12.6. The molecule has 0 bridgehead atoms. The number of rotatable bonds is 24. The Morgan fingerprint density at radius 2 is 1.59 bits per heavy atom. The molecule has 46 heavy (non-hydrogen) atoms. The van der Waals surface area contributed by atoms with Gasteiger partial charge in [0.15, 0.2) is 5.82 Å². The number of fused-ring (bicyclic) bond motifs is 1. The van der Waals surface area contributed by atoms with Crippen molar-refractivity contribution in [3.05, 3.63) is 24.2 Å². The Balaban J connectivity index is 1.27. The lowest BCUT2D eigenvalue weighted by molar-refractivity contribution is -0.0873. The van der Waals surface area contributed by atoms with Gasteiger partial charge in [-0.25, -0.2) is 14.1 Å². The maximum absolute atomic E-state index is 12.6. The van der Waals surface area contributed by atoms with Crippen molar-refractivity contribution in [1.82, 2.24) is 14.6 Å². The highest BCUT2D eigenvalue weighted by molar-refractivity contribution is 7.47. The van der Waals surface area contributed by atoms with E-state index in [0.717, 1.165) is 12.8 Å². The number of nitrogens with two attached hydrogens (primary N) is 1. The number of phosphoric ester groups is 1. The van der Waals surface area contributed by atoms with Gasteiger partial charge in [0.05, 0.1) is 25.0 Å². The van der Waals surface area contributed by atoms with Gasteiger partial charge < -0.3 is 30.3 Å². The van der Waals surface area contributed by atoms with Crippen molar-refractivity contribution in [3.8, 4) is 6.07 Å². The lowest BCUT2D eigenvalue weighted by Gasteiger charge is -2.26. The predicted molar refractivity (Wildman–Crippen MR) is 174 cm³/mol. The average molecular weight is 668 g/mol.